The van der Waals surface area contributed by atoms with Crippen LogP contribution in [0.4, 0.5) is 17.3 Å². The van der Waals surface area contributed by atoms with E-state index in [2.05, 4.69) is 20.6 Å². The SMILES string of the molecule is COc1cccc(/C=C/C(=O)Nc2cccnc2Nc2ccc(C#N)cn2)c1OCC1CC1. The zero-order valence-electron chi connectivity index (χ0n) is 18.1. The predicted octanol–water partition coefficient (Wildman–Crippen LogP) is 4.54. The second-order valence-corrected chi connectivity index (χ2v) is 7.52. The van der Waals surface area contributed by atoms with Crippen LogP contribution in [-0.2, 0) is 4.79 Å². The van der Waals surface area contributed by atoms with Gasteiger partial charge in [-0.2, -0.15) is 5.26 Å². The van der Waals surface area contributed by atoms with Crippen molar-refractivity contribution in [3.05, 3.63) is 72.1 Å². The number of rotatable bonds is 9. The van der Waals surface area contributed by atoms with Crippen LogP contribution < -0.4 is 20.1 Å². The monoisotopic (exact) mass is 441 g/mol. The summed E-state index contributed by atoms with van der Waals surface area (Å²) in [5.41, 5.74) is 1.71. The van der Waals surface area contributed by atoms with Gasteiger partial charge in [-0.25, -0.2) is 9.97 Å². The first kappa shape index (κ1) is 21.8. The molecule has 1 saturated carbocycles. The Labute approximate surface area is 191 Å². The maximum absolute atomic E-state index is 12.6. The normalized spacial score (nSPS) is 12.7. The Bertz CT molecular complexity index is 1200. The van der Waals surface area contributed by atoms with E-state index in [1.54, 1.807) is 43.6 Å². The first-order valence-electron chi connectivity index (χ1n) is 10.5. The van der Waals surface area contributed by atoms with Gasteiger partial charge >= 0.3 is 0 Å². The molecule has 0 bridgehead atoms. The van der Waals surface area contributed by atoms with Crippen LogP contribution in [0.25, 0.3) is 6.08 Å². The van der Waals surface area contributed by atoms with Crippen LogP contribution in [0, 0.1) is 17.2 Å². The summed E-state index contributed by atoms with van der Waals surface area (Å²) in [5.74, 6) is 2.48. The Hall–Kier alpha value is -4.38. The fourth-order valence-corrected chi connectivity index (χ4v) is 3.07. The van der Waals surface area contributed by atoms with E-state index in [-0.39, 0.29) is 5.91 Å². The third-order valence-corrected chi connectivity index (χ3v) is 5.01. The quantitative estimate of drug-likeness (QED) is 0.469. The number of aromatic nitrogens is 2. The minimum Gasteiger partial charge on any atom is -0.493 e. The van der Waals surface area contributed by atoms with Crippen molar-refractivity contribution >= 4 is 29.3 Å². The van der Waals surface area contributed by atoms with Gasteiger partial charge in [-0.1, -0.05) is 12.1 Å². The highest BCUT2D eigenvalue weighted by molar-refractivity contribution is 6.03. The zero-order valence-corrected chi connectivity index (χ0v) is 18.1. The van der Waals surface area contributed by atoms with Crippen LogP contribution in [0.2, 0.25) is 0 Å². The Morgan fingerprint density at radius 1 is 1.21 bits per heavy atom. The van der Waals surface area contributed by atoms with Gasteiger partial charge in [-0.05, 0) is 55.2 Å². The van der Waals surface area contributed by atoms with E-state index in [9.17, 15) is 4.79 Å². The Balaban J connectivity index is 1.46. The number of ether oxygens (including phenoxy) is 2. The molecule has 1 fully saturated rings. The van der Waals surface area contributed by atoms with Crippen LogP contribution >= 0.6 is 0 Å². The van der Waals surface area contributed by atoms with Crippen molar-refractivity contribution < 1.29 is 14.3 Å². The van der Waals surface area contributed by atoms with Crippen molar-refractivity contribution in [2.45, 2.75) is 12.8 Å². The molecular formula is C25H23N5O3. The first-order valence-corrected chi connectivity index (χ1v) is 10.5. The fraction of sp³-hybridized carbons (Fsp3) is 0.200. The van der Waals surface area contributed by atoms with E-state index >= 15 is 0 Å². The van der Waals surface area contributed by atoms with Gasteiger partial charge in [0.25, 0.3) is 0 Å². The summed E-state index contributed by atoms with van der Waals surface area (Å²) >= 11 is 0. The fourth-order valence-electron chi connectivity index (χ4n) is 3.07. The minimum atomic E-state index is -0.324. The van der Waals surface area contributed by atoms with Gasteiger partial charge in [0.15, 0.2) is 17.3 Å². The summed E-state index contributed by atoms with van der Waals surface area (Å²) in [4.78, 5) is 21.1. The number of hydrogen-bond donors (Lipinski definition) is 2. The van der Waals surface area contributed by atoms with Crippen LogP contribution in [0.3, 0.4) is 0 Å². The molecule has 2 N–H and O–H groups in total. The van der Waals surface area contributed by atoms with Crippen molar-refractivity contribution in [2.24, 2.45) is 5.92 Å². The number of nitrogens with one attached hydrogen (secondary N) is 2. The lowest BCUT2D eigenvalue weighted by Gasteiger charge is -2.13. The highest BCUT2D eigenvalue weighted by Gasteiger charge is 2.23. The number of carbonyl (C=O) groups excluding carboxylic acids is 1. The van der Waals surface area contributed by atoms with Crippen molar-refractivity contribution in [3.63, 3.8) is 0 Å². The molecule has 8 nitrogen and oxygen atoms in total. The number of para-hydroxylation sites is 1. The smallest absolute Gasteiger partial charge is 0.248 e. The standard InChI is InChI=1S/C25H23N5O3/c1-32-21-6-2-4-19(24(21)33-16-17-7-8-17)10-12-23(31)29-20-5-3-13-27-25(20)30-22-11-9-18(14-26)15-28-22/h2-6,9-13,15,17H,7-8,16H2,1H3,(H,29,31)(H,27,28,30)/b12-10+. The second kappa shape index (κ2) is 10.3. The zero-order chi connectivity index (χ0) is 23.0. The molecule has 33 heavy (non-hydrogen) atoms. The minimum absolute atomic E-state index is 0.324. The summed E-state index contributed by atoms with van der Waals surface area (Å²) in [6, 6.07) is 14.4. The number of nitrogens with zero attached hydrogens (tertiary/aromatic N) is 3. The number of benzene rings is 1. The second-order valence-electron chi connectivity index (χ2n) is 7.52. The Kier molecular flexibility index (Phi) is 6.81. The summed E-state index contributed by atoms with van der Waals surface area (Å²) in [6.45, 7) is 0.640. The lowest BCUT2D eigenvalue weighted by molar-refractivity contribution is -0.111. The van der Waals surface area contributed by atoms with E-state index < -0.39 is 0 Å². The molecule has 166 valence electrons. The van der Waals surface area contributed by atoms with Crippen LogP contribution in [-0.4, -0.2) is 29.6 Å². The summed E-state index contributed by atoms with van der Waals surface area (Å²) in [5, 5.41) is 14.8. The van der Waals surface area contributed by atoms with Crippen LogP contribution in [0.5, 0.6) is 11.5 Å². The molecule has 1 aliphatic carbocycles. The van der Waals surface area contributed by atoms with Gasteiger partial charge in [-0.3, -0.25) is 4.79 Å². The lowest BCUT2D eigenvalue weighted by atomic mass is 10.1. The van der Waals surface area contributed by atoms with Crippen LogP contribution in [0.1, 0.15) is 24.0 Å². The highest BCUT2D eigenvalue weighted by atomic mass is 16.5. The molecule has 0 saturated heterocycles. The summed E-state index contributed by atoms with van der Waals surface area (Å²) in [6.07, 6.45) is 8.58. The molecule has 0 spiro atoms. The molecule has 1 amide bonds. The lowest BCUT2D eigenvalue weighted by Crippen LogP contribution is -2.10. The topological polar surface area (TPSA) is 109 Å². The van der Waals surface area contributed by atoms with E-state index in [0.717, 1.165) is 5.56 Å². The number of carbonyl (C=O) groups is 1. The molecule has 8 heteroatoms. The van der Waals surface area contributed by atoms with Crippen molar-refractivity contribution in [2.75, 3.05) is 24.4 Å². The van der Waals surface area contributed by atoms with E-state index in [4.69, 9.17) is 14.7 Å². The third kappa shape index (κ3) is 5.86. The maximum atomic E-state index is 12.6. The van der Waals surface area contributed by atoms with Crippen molar-refractivity contribution in [1.29, 1.82) is 5.26 Å². The van der Waals surface area contributed by atoms with Crippen LogP contribution in [0.15, 0.2) is 60.9 Å². The van der Waals surface area contributed by atoms with Gasteiger partial charge in [0.1, 0.15) is 11.9 Å². The molecule has 0 unspecified atom stereocenters. The molecule has 2 heterocycles. The number of hydrogen-bond acceptors (Lipinski definition) is 7. The molecular weight excluding hydrogens is 418 g/mol. The van der Waals surface area contributed by atoms with Crippen molar-refractivity contribution in [1.82, 2.24) is 9.97 Å². The molecule has 0 radical (unpaired) electrons. The summed E-state index contributed by atoms with van der Waals surface area (Å²) in [7, 11) is 1.60. The van der Waals surface area contributed by atoms with E-state index in [0.29, 0.717) is 46.9 Å². The van der Waals surface area contributed by atoms with Gasteiger partial charge in [-0.15, -0.1) is 0 Å². The number of amides is 1. The number of pyridine rings is 2. The molecule has 1 aromatic carbocycles. The molecule has 1 aliphatic rings. The molecule has 0 aliphatic heterocycles. The Morgan fingerprint density at radius 3 is 2.82 bits per heavy atom. The third-order valence-electron chi connectivity index (χ3n) is 5.01. The number of methoxy groups -OCH3 is 1. The van der Waals surface area contributed by atoms with Gasteiger partial charge < -0.3 is 20.1 Å². The van der Waals surface area contributed by atoms with Gasteiger partial charge in [0, 0.05) is 24.0 Å². The largest absolute Gasteiger partial charge is 0.493 e. The molecule has 4 rings (SSSR count). The number of anilines is 3. The highest BCUT2D eigenvalue weighted by Crippen LogP contribution is 2.35. The van der Waals surface area contributed by atoms with E-state index in [1.165, 1.54) is 25.1 Å². The van der Waals surface area contributed by atoms with Crippen molar-refractivity contribution in [3.8, 4) is 17.6 Å². The predicted molar refractivity (Wildman–Crippen MR) is 125 cm³/mol. The summed E-state index contributed by atoms with van der Waals surface area (Å²) < 4.78 is 11.4. The molecule has 2 aromatic heterocycles. The molecule has 3 aromatic rings. The molecule has 0 atom stereocenters. The van der Waals surface area contributed by atoms with E-state index in [1.807, 2.05) is 24.3 Å². The Morgan fingerprint density at radius 2 is 2.09 bits per heavy atom. The first-order chi connectivity index (χ1) is 16.2. The maximum Gasteiger partial charge on any atom is 0.248 e. The van der Waals surface area contributed by atoms with Gasteiger partial charge in [0.05, 0.1) is 25.0 Å². The average Bonchev–Trinajstić information content (AvgIpc) is 3.68. The average molecular weight is 441 g/mol. The number of nitriles is 1. The van der Waals surface area contributed by atoms with Gasteiger partial charge in [0.2, 0.25) is 5.91 Å².